The van der Waals surface area contributed by atoms with Gasteiger partial charge in [-0.15, -0.1) is 0 Å². The number of nitrogens with one attached hydrogen (secondary N) is 2. The van der Waals surface area contributed by atoms with Crippen LogP contribution in [0.1, 0.15) is 37.0 Å². The fraction of sp³-hybridized carbons (Fsp3) is 0.400. The van der Waals surface area contributed by atoms with Crippen molar-refractivity contribution in [3.8, 4) is 0 Å². The highest BCUT2D eigenvalue weighted by Gasteiger charge is 2.23. The lowest BCUT2D eigenvalue weighted by molar-refractivity contribution is -0.142. The molecule has 0 aliphatic carbocycles. The molecule has 1 rings (SSSR count). The van der Waals surface area contributed by atoms with Gasteiger partial charge in [0.25, 0.3) is 5.91 Å². The van der Waals surface area contributed by atoms with E-state index in [1.807, 2.05) is 6.92 Å². The fourth-order valence-corrected chi connectivity index (χ4v) is 1.78. The topological polar surface area (TPSA) is 95.5 Å². The van der Waals surface area contributed by atoms with Crippen LogP contribution in [-0.4, -0.2) is 35.0 Å². The first kappa shape index (κ1) is 16.7. The van der Waals surface area contributed by atoms with Gasteiger partial charge in [-0.1, -0.05) is 31.5 Å². The lowest BCUT2D eigenvalue weighted by Crippen LogP contribution is -2.50. The van der Waals surface area contributed by atoms with Gasteiger partial charge in [-0.05, 0) is 25.5 Å². The standard InChI is InChI=1S/C15H20N2O4/c1-3-7-12(15(20)21)17-13(18)10(2)16-14(19)11-8-5-4-6-9-11/h4-6,8-10,12H,3,7H2,1-2H3,(H,16,19)(H,17,18)(H,20,21)/t10?,12-/m1/s1. The fourth-order valence-electron chi connectivity index (χ4n) is 1.78. The molecule has 1 aromatic rings. The summed E-state index contributed by atoms with van der Waals surface area (Å²) < 4.78 is 0. The van der Waals surface area contributed by atoms with Crippen LogP contribution in [0.5, 0.6) is 0 Å². The molecule has 0 heterocycles. The summed E-state index contributed by atoms with van der Waals surface area (Å²) in [6, 6.07) is 6.77. The summed E-state index contributed by atoms with van der Waals surface area (Å²) in [6.45, 7) is 3.35. The van der Waals surface area contributed by atoms with E-state index >= 15 is 0 Å². The lowest BCUT2D eigenvalue weighted by atomic mass is 10.1. The van der Waals surface area contributed by atoms with Crippen molar-refractivity contribution in [3.05, 3.63) is 35.9 Å². The van der Waals surface area contributed by atoms with Gasteiger partial charge in [0.15, 0.2) is 0 Å². The number of benzene rings is 1. The molecule has 6 nitrogen and oxygen atoms in total. The Morgan fingerprint density at radius 2 is 1.76 bits per heavy atom. The third kappa shape index (κ3) is 5.25. The van der Waals surface area contributed by atoms with Gasteiger partial charge in [-0.2, -0.15) is 0 Å². The molecule has 0 radical (unpaired) electrons. The van der Waals surface area contributed by atoms with Crippen molar-refractivity contribution >= 4 is 17.8 Å². The third-order valence-electron chi connectivity index (χ3n) is 2.97. The van der Waals surface area contributed by atoms with E-state index in [1.54, 1.807) is 30.3 Å². The Bertz CT molecular complexity index is 502. The van der Waals surface area contributed by atoms with Gasteiger partial charge in [0.05, 0.1) is 0 Å². The molecular weight excluding hydrogens is 272 g/mol. The highest BCUT2D eigenvalue weighted by atomic mass is 16.4. The molecule has 2 atom stereocenters. The van der Waals surface area contributed by atoms with Crippen LogP contribution in [0.25, 0.3) is 0 Å². The summed E-state index contributed by atoms with van der Waals surface area (Å²) in [5.41, 5.74) is 0.445. The molecule has 0 bridgehead atoms. The van der Waals surface area contributed by atoms with Gasteiger partial charge in [-0.25, -0.2) is 4.79 Å². The average Bonchev–Trinajstić information content (AvgIpc) is 2.47. The predicted octanol–water partition coefficient (Wildman–Crippen LogP) is 1.17. The minimum absolute atomic E-state index is 0.348. The number of rotatable bonds is 7. The summed E-state index contributed by atoms with van der Waals surface area (Å²) in [5, 5.41) is 14.0. The molecular formula is C15H20N2O4. The van der Waals surface area contributed by atoms with E-state index in [2.05, 4.69) is 10.6 Å². The Hall–Kier alpha value is -2.37. The van der Waals surface area contributed by atoms with Crippen molar-refractivity contribution in [2.45, 2.75) is 38.8 Å². The van der Waals surface area contributed by atoms with Crippen LogP contribution in [-0.2, 0) is 9.59 Å². The summed E-state index contributed by atoms with van der Waals surface area (Å²) >= 11 is 0. The highest BCUT2D eigenvalue weighted by molar-refractivity contribution is 5.97. The van der Waals surface area contributed by atoms with E-state index in [0.717, 1.165) is 0 Å². The number of aliphatic carboxylic acids is 1. The van der Waals surface area contributed by atoms with Crippen LogP contribution in [0, 0.1) is 0 Å². The number of hydrogen-bond acceptors (Lipinski definition) is 3. The molecule has 2 amide bonds. The Balaban J connectivity index is 2.58. The zero-order valence-electron chi connectivity index (χ0n) is 12.1. The molecule has 0 aliphatic rings. The van der Waals surface area contributed by atoms with Crippen molar-refractivity contribution in [1.29, 1.82) is 0 Å². The Labute approximate surface area is 123 Å². The summed E-state index contributed by atoms with van der Waals surface area (Å²) in [7, 11) is 0. The summed E-state index contributed by atoms with van der Waals surface area (Å²) in [5.74, 6) is -1.97. The van der Waals surface area contributed by atoms with Gasteiger partial charge in [0.2, 0.25) is 5.91 Å². The van der Waals surface area contributed by atoms with E-state index < -0.39 is 24.0 Å². The molecule has 114 valence electrons. The lowest BCUT2D eigenvalue weighted by Gasteiger charge is -2.18. The van der Waals surface area contributed by atoms with Crippen molar-refractivity contribution in [2.75, 3.05) is 0 Å². The zero-order valence-corrected chi connectivity index (χ0v) is 12.1. The van der Waals surface area contributed by atoms with Crippen LogP contribution in [0.4, 0.5) is 0 Å². The highest BCUT2D eigenvalue weighted by Crippen LogP contribution is 2.00. The average molecular weight is 292 g/mol. The molecule has 0 spiro atoms. The molecule has 0 saturated heterocycles. The zero-order chi connectivity index (χ0) is 15.8. The SMILES string of the molecule is CCC[C@@H](NC(=O)C(C)NC(=O)c1ccccc1)C(=O)O. The normalized spacial score (nSPS) is 13.0. The third-order valence-corrected chi connectivity index (χ3v) is 2.97. The maximum atomic E-state index is 11.9. The van der Waals surface area contributed by atoms with E-state index in [9.17, 15) is 14.4 Å². The molecule has 1 aromatic carbocycles. The smallest absolute Gasteiger partial charge is 0.326 e. The van der Waals surface area contributed by atoms with Crippen LogP contribution in [0.3, 0.4) is 0 Å². The van der Waals surface area contributed by atoms with Gasteiger partial charge < -0.3 is 15.7 Å². The van der Waals surface area contributed by atoms with E-state index in [4.69, 9.17) is 5.11 Å². The second-order valence-electron chi connectivity index (χ2n) is 4.75. The molecule has 21 heavy (non-hydrogen) atoms. The van der Waals surface area contributed by atoms with E-state index in [0.29, 0.717) is 18.4 Å². The monoisotopic (exact) mass is 292 g/mol. The Morgan fingerprint density at radius 1 is 1.14 bits per heavy atom. The second-order valence-corrected chi connectivity index (χ2v) is 4.75. The van der Waals surface area contributed by atoms with Gasteiger partial charge in [0, 0.05) is 5.56 Å². The Morgan fingerprint density at radius 3 is 2.29 bits per heavy atom. The van der Waals surface area contributed by atoms with E-state index in [-0.39, 0.29) is 5.91 Å². The second kappa shape index (κ2) is 8.04. The van der Waals surface area contributed by atoms with Crippen molar-refractivity contribution in [2.24, 2.45) is 0 Å². The van der Waals surface area contributed by atoms with Gasteiger partial charge in [-0.3, -0.25) is 9.59 Å². The quantitative estimate of drug-likeness (QED) is 0.703. The van der Waals surface area contributed by atoms with Crippen molar-refractivity contribution in [3.63, 3.8) is 0 Å². The molecule has 0 fully saturated rings. The maximum Gasteiger partial charge on any atom is 0.326 e. The van der Waals surface area contributed by atoms with Crippen molar-refractivity contribution < 1.29 is 19.5 Å². The number of carboxylic acids is 1. The molecule has 0 aromatic heterocycles. The molecule has 0 saturated carbocycles. The van der Waals surface area contributed by atoms with Crippen LogP contribution >= 0.6 is 0 Å². The maximum absolute atomic E-state index is 11.9. The van der Waals surface area contributed by atoms with Crippen LogP contribution in [0.15, 0.2) is 30.3 Å². The first-order chi connectivity index (χ1) is 9.95. The number of hydrogen-bond donors (Lipinski definition) is 3. The van der Waals surface area contributed by atoms with E-state index in [1.165, 1.54) is 6.92 Å². The number of carboxylic acid groups (broad SMARTS) is 1. The Kier molecular flexibility index (Phi) is 6.39. The number of carbonyl (C=O) groups is 3. The first-order valence-corrected chi connectivity index (χ1v) is 6.84. The minimum atomic E-state index is -1.08. The van der Waals surface area contributed by atoms with Crippen LogP contribution < -0.4 is 10.6 Å². The van der Waals surface area contributed by atoms with Crippen LogP contribution in [0.2, 0.25) is 0 Å². The van der Waals surface area contributed by atoms with Crippen molar-refractivity contribution in [1.82, 2.24) is 10.6 Å². The molecule has 1 unspecified atom stereocenters. The summed E-state index contributed by atoms with van der Waals surface area (Å²) in [4.78, 5) is 34.8. The minimum Gasteiger partial charge on any atom is -0.480 e. The largest absolute Gasteiger partial charge is 0.480 e. The predicted molar refractivity (Wildman–Crippen MR) is 77.8 cm³/mol. The summed E-state index contributed by atoms with van der Waals surface area (Å²) in [6.07, 6.45) is 0.989. The first-order valence-electron chi connectivity index (χ1n) is 6.84. The molecule has 0 aliphatic heterocycles. The number of carbonyl (C=O) groups excluding carboxylic acids is 2. The van der Waals surface area contributed by atoms with Gasteiger partial charge in [0.1, 0.15) is 12.1 Å². The van der Waals surface area contributed by atoms with Gasteiger partial charge >= 0.3 is 5.97 Å². The molecule has 3 N–H and O–H groups in total. The number of amides is 2. The molecule has 6 heteroatoms.